The molecule has 1 N–H and O–H groups in total. The summed E-state index contributed by atoms with van der Waals surface area (Å²) < 4.78 is 2.24. The number of benzene rings is 2. The molecule has 118 valence electrons. The van der Waals surface area contributed by atoms with Crippen LogP contribution in [0.25, 0.3) is 21.1 Å². The first-order chi connectivity index (χ1) is 11.6. The van der Waals surface area contributed by atoms with Crippen LogP contribution in [0.3, 0.4) is 0 Å². The number of nitrogens with zero attached hydrogens (tertiary/aromatic N) is 4. The maximum absolute atomic E-state index is 11.8. The second-order valence-corrected chi connectivity index (χ2v) is 6.22. The fourth-order valence-corrected chi connectivity index (χ4v) is 3.41. The predicted octanol–water partition coefficient (Wildman–Crippen LogP) is 5.03. The van der Waals surface area contributed by atoms with E-state index in [1.165, 1.54) is 22.8 Å². The number of carbonyl (C=O) groups excluding carboxylic acids is 1. The summed E-state index contributed by atoms with van der Waals surface area (Å²) in [6, 6.07) is 14.9. The minimum absolute atomic E-state index is 0.214. The molecule has 0 atom stereocenters. The van der Waals surface area contributed by atoms with E-state index in [-0.39, 0.29) is 17.5 Å². The van der Waals surface area contributed by atoms with E-state index in [9.17, 15) is 9.90 Å². The van der Waals surface area contributed by atoms with Crippen molar-refractivity contribution in [2.75, 3.05) is 0 Å². The fourth-order valence-electron chi connectivity index (χ4n) is 2.62. The number of hydrogen-bond donors (Lipinski definition) is 1. The highest BCUT2D eigenvalue weighted by atomic mass is 32.1. The molecule has 6 nitrogen and oxygen atoms in total. The third kappa shape index (κ3) is 2.26. The summed E-state index contributed by atoms with van der Waals surface area (Å²) >= 11 is 1.41. The molecule has 0 bridgehead atoms. The summed E-state index contributed by atoms with van der Waals surface area (Å²) in [7, 11) is 0. The van der Waals surface area contributed by atoms with Crippen LogP contribution in [0.4, 0.5) is 10.8 Å². The van der Waals surface area contributed by atoms with Gasteiger partial charge < -0.3 is 5.11 Å². The van der Waals surface area contributed by atoms with Crippen molar-refractivity contribution in [1.82, 2.24) is 9.55 Å². The van der Waals surface area contributed by atoms with Gasteiger partial charge in [-0.25, -0.2) is 9.55 Å². The quantitative estimate of drug-likeness (QED) is 0.521. The summed E-state index contributed by atoms with van der Waals surface area (Å²) in [5.74, 6) is -0.501. The normalized spacial score (nSPS) is 11.7. The van der Waals surface area contributed by atoms with Crippen LogP contribution in [0.1, 0.15) is 11.7 Å². The zero-order valence-corrected chi connectivity index (χ0v) is 13.5. The van der Waals surface area contributed by atoms with Gasteiger partial charge in [0.1, 0.15) is 0 Å². The lowest BCUT2D eigenvalue weighted by atomic mass is 10.2. The molecule has 2 aromatic heterocycles. The van der Waals surface area contributed by atoms with Crippen LogP contribution in [0.2, 0.25) is 0 Å². The van der Waals surface area contributed by atoms with E-state index in [4.69, 9.17) is 0 Å². The van der Waals surface area contributed by atoms with Gasteiger partial charge in [0, 0.05) is 12.3 Å². The van der Waals surface area contributed by atoms with Crippen LogP contribution in [-0.4, -0.2) is 20.6 Å². The molecule has 0 fully saturated rings. The van der Waals surface area contributed by atoms with Crippen LogP contribution in [0, 0.1) is 0 Å². The smallest absolute Gasteiger partial charge is 0.231 e. The van der Waals surface area contributed by atoms with Gasteiger partial charge in [-0.15, -0.1) is 10.2 Å². The van der Waals surface area contributed by atoms with Crippen molar-refractivity contribution >= 4 is 49.2 Å². The van der Waals surface area contributed by atoms with Crippen molar-refractivity contribution < 1.29 is 9.90 Å². The number of carbonyl (C=O) groups is 1. The number of aromatic nitrogens is 2. The Morgan fingerprint density at radius 1 is 1.12 bits per heavy atom. The van der Waals surface area contributed by atoms with Crippen molar-refractivity contribution in [3.05, 3.63) is 48.5 Å². The molecule has 0 unspecified atom stereocenters. The van der Waals surface area contributed by atoms with Crippen LogP contribution in [-0.2, 0) is 0 Å². The number of thiazole rings is 1. The summed E-state index contributed by atoms with van der Waals surface area (Å²) in [4.78, 5) is 16.2. The summed E-state index contributed by atoms with van der Waals surface area (Å²) in [6.07, 6.45) is 0. The van der Waals surface area contributed by atoms with Crippen LogP contribution < -0.4 is 0 Å². The first-order valence-corrected chi connectivity index (χ1v) is 8.07. The average molecular weight is 336 g/mol. The second-order valence-electron chi connectivity index (χ2n) is 5.21. The summed E-state index contributed by atoms with van der Waals surface area (Å²) in [6.45, 7) is 1.39. The lowest BCUT2D eigenvalue weighted by Gasteiger charge is -1.99. The lowest BCUT2D eigenvalue weighted by Crippen LogP contribution is -2.03. The standard InChI is InChI=1S/C17H12N4O2S/c1-10(22)21-13-8-4-2-6-11(13)15(16(21)23)19-20-17-18-12-7-3-5-9-14(12)24-17/h2-9,23H,1H3. The molecule has 4 aromatic rings. The molecular formula is C17H12N4O2S. The Bertz CT molecular complexity index is 1080. The number of para-hydroxylation sites is 2. The molecule has 0 aliphatic carbocycles. The van der Waals surface area contributed by atoms with Crippen molar-refractivity contribution in [2.45, 2.75) is 6.92 Å². The topological polar surface area (TPSA) is 79.8 Å². The van der Waals surface area contributed by atoms with E-state index in [2.05, 4.69) is 15.2 Å². The Kier molecular flexibility index (Phi) is 3.35. The second kappa shape index (κ2) is 5.54. The number of fused-ring (bicyclic) bond motifs is 2. The number of hydrogen-bond acceptors (Lipinski definition) is 6. The van der Waals surface area contributed by atoms with Crippen LogP contribution in [0.15, 0.2) is 58.8 Å². The van der Waals surface area contributed by atoms with Gasteiger partial charge in [-0.1, -0.05) is 41.7 Å². The molecule has 4 rings (SSSR count). The summed E-state index contributed by atoms with van der Waals surface area (Å²) in [5.41, 5.74) is 1.72. The highest BCUT2D eigenvalue weighted by molar-refractivity contribution is 7.21. The van der Waals surface area contributed by atoms with Gasteiger partial charge in [0.15, 0.2) is 5.69 Å². The van der Waals surface area contributed by atoms with Gasteiger partial charge in [-0.3, -0.25) is 4.79 Å². The van der Waals surface area contributed by atoms with Crippen LogP contribution >= 0.6 is 11.3 Å². The molecule has 0 saturated heterocycles. The largest absolute Gasteiger partial charge is 0.493 e. The first-order valence-electron chi connectivity index (χ1n) is 7.26. The van der Waals surface area contributed by atoms with E-state index in [0.29, 0.717) is 16.0 Å². The third-order valence-electron chi connectivity index (χ3n) is 3.66. The Labute approximate surface area is 140 Å². The van der Waals surface area contributed by atoms with E-state index in [0.717, 1.165) is 10.2 Å². The third-order valence-corrected chi connectivity index (χ3v) is 4.58. The van der Waals surface area contributed by atoms with E-state index < -0.39 is 0 Å². The lowest BCUT2D eigenvalue weighted by molar-refractivity contribution is 0.0933. The SMILES string of the molecule is CC(=O)n1c(O)c(N=Nc2nc3ccccc3s2)c2ccccc21. The zero-order valence-electron chi connectivity index (χ0n) is 12.7. The van der Waals surface area contributed by atoms with Crippen molar-refractivity contribution in [2.24, 2.45) is 10.2 Å². The van der Waals surface area contributed by atoms with Crippen molar-refractivity contribution in [3.63, 3.8) is 0 Å². The number of aromatic hydroxyl groups is 1. The molecule has 0 amide bonds. The minimum Gasteiger partial charge on any atom is -0.493 e. The molecule has 0 saturated carbocycles. The van der Waals surface area contributed by atoms with Crippen LogP contribution in [0.5, 0.6) is 5.88 Å². The van der Waals surface area contributed by atoms with Gasteiger partial charge in [0.05, 0.1) is 15.7 Å². The molecule has 2 aromatic carbocycles. The maximum Gasteiger partial charge on any atom is 0.231 e. The Hall–Kier alpha value is -3.06. The first kappa shape index (κ1) is 14.5. The van der Waals surface area contributed by atoms with Crippen molar-refractivity contribution in [1.29, 1.82) is 0 Å². The molecule has 24 heavy (non-hydrogen) atoms. The zero-order chi connectivity index (χ0) is 16.7. The predicted molar refractivity (Wildman–Crippen MR) is 93.7 cm³/mol. The molecule has 0 aliphatic rings. The molecule has 0 aliphatic heterocycles. The summed E-state index contributed by atoms with van der Waals surface area (Å²) in [5, 5.41) is 19.8. The minimum atomic E-state index is -0.287. The van der Waals surface area contributed by atoms with Gasteiger partial charge in [-0.05, 0) is 18.2 Å². The fraction of sp³-hybridized carbons (Fsp3) is 0.0588. The van der Waals surface area contributed by atoms with Gasteiger partial charge in [-0.2, -0.15) is 0 Å². The van der Waals surface area contributed by atoms with Crippen molar-refractivity contribution in [3.8, 4) is 5.88 Å². The van der Waals surface area contributed by atoms with Gasteiger partial charge in [0.2, 0.25) is 16.9 Å². The Morgan fingerprint density at radius 3 is 2.67 bits per heavy atom. The number of azo groups is 1. The van der Waals surface area contributed by atoms with Gasteiger partial charge in [0.25, 0.3) is 0 Å². The van der Waals surface area contributed by atoms with Gasteiger partial charge >= 0.3 is 0 Å². The average Bonchev–Trinajstić information content (AvgIpc) is 3.10. The van der Waals surface area contributed by atoms with E-state index in [1.54, 1.807) is 18.2 Å². The molecule has 7 heteroatoms. The highest BCUT2D eigenvalue weighted by Crippen LogP contribution is 2.39. The number of rotatable bonds is 2. The highest BCUT2D eigenvalue weighted by Gasteiger charge is 2.18. The Morgan fingerprint density at radius 2 is 1.88 bits per heavy atom. The Balaban J connectivity index is 1.84. The molecule has 0 radical (unpaired) electrons. The maximum atomic E-state index is 11.8. The molecule has 0 spiro atoms. The monoisotopic (exact) mass is 336 g/mol. The molecule has 2 heterocycles. The molecular weight excluding hydrogens is 324 g/mol. The van der Waals surface area contributed by atoms with E-state index in [1.807, 2.05) is 30.3 Å². The van der Waals surface area contributed by atoms with E-state index >= 15 is 0 Å².